The van der Waals surface area contributed by atoms with Gasteiger partial charge < -0.3 is 14.4 Å². The van der Waals surface area contributed by atoms with Crippen LogP contribution in [0.1, 0.15) is 40.5 Å². The van der Waals surface area contributed by atoms with Crippen molar-refractivity contribution in [3.8, 4) is 17.4 Å². The summed E-state index contributed by atoms with van der Waals surface area (Å²) < 4.78 is 11.4. The van der Waals surface area contributed by atoms with Gasteiger partial charge in [0.1, 0.15) is 5.69 Å². The highest BCUT2D eigenvalue weighted by Gasteiger charge is 2.29. The molecule has 4 rings (SSSR count). The van der Waals surface area contributed by atoms with Gasteiger partial charge in [0, 0.05) is 37.1 Å². The van der Waals surface area contributed by atoms with Crippen LogP contribution in [0.3, 0.4) is 0 Å². The SMILES string of the molecule is COc1ccccc1Oc1nccnc1C1CCN(C(=O)c2cn[nH]c2C)CC1. The van der Waals surface area contributed by atoms with E-state index in [4.69, 9.17) is 9.47 Å². The number of H-pyrrole nitrogens is 1. The van der Waals surface area contributed by atoms with Gasteiger partial charge in [-0.05, 0) is 31.9 Å². The first-order valence-corrected chi connectivity index (χ1v) is 9.58. The van der Waals surface area contributed by atoms with Crippen LogP contribution in [-0.4, -0.2) is 51.2 Å². The third-order valence-corrected chi connectivity index (χ3v) is 5.20. The number of benzene rings is 1. The fourth-order valence-corrected chi connectivity index (χ4v) is 3.59. The second-order valence-corrected chi connectivity index (χ2v) is 6.97. The maximum atomic E-state index is 12.7. The average molecular weight is 393 g/mol. The molecule has 1 amide bonds. The topological polar surface area (TPSA) is 93.2 Å². The Hall–Kier alpha value is -3.42. The number of hydrogen-bond donors (Lipinski definition) is 1. The van der Waals surface area contributed by atoms with Crippen molar-refractivity contribution in [1.29, 1.82) is 0 Å². The summed E-state index contributed by atoms with van der Waals surface area (Å²) in [5.41, 5.74) is 2.23. The van der Waals surface area contributed by atoms with E-state index in [1.807, 2.05) is 36.1 Å². The number of para-hydroxylation sites is 2. The van der Waals surface area contributed by atoms with Crippen molar-refractivity contribution in [2.75, 3.05) is 20.2 Å². The lowest BCUT2D eigenvalue weighted by molar-refractivity contribution is 0.0711. The molecule has 2 aromatic heterocycles. The van der Waals surface area contributed by atoms with E-state index in [2.05, 4.69) is 20.2 Å². The highest BCUT2D eigenvalue weighted by atomic mass is 16.5. The van der Waals surface area contributed by atoms with E-state index in [0.29, 0.717) is 36.0 Å². The summed E-state index contributed by atoms with van der Waals surface area (Å²) in [4.78, 5) is 23.5. The van der Waals surface area contributed by atoms with Crippen LogP contribution >= 0.6 is 0 Å². The van der Waals surface area contributed by atoms with Gasteiger partial charge in [0.15, 0.2) is 11.5 Å². The molecular weight excluding hydrogens is 370 g/mol. The van der Waals surface area contributed by atoms with Crippen molar-refractivity contribution in [3.63, 3.8) is 0 Å². The minimum atomic E-state index is 0.0133. The minimum Gasteiger partial charge on any atom is -0.493 e. The third kappa shape index (κ3) is 3.91. The molecule has 150 valence electrons. The second kappa shape index (κ2) is 8.30. The number of ether oxygens (including phenoxy) is 2. The summed E-state index contributed by atoms with van der Waals surface area (Å²) in [7, 11) is 1.61. The third-order valence-electron chi connectivity index (χ3n) is 5.20. The molecule has 3 aromatic rings. The summed E-state index contributed by atoms with van der Waals surface area (Å²) in [6, 6.07) is 7.45. The van der Waals surface area contributed by atoms with Crippen LogP contribution in [0, 0.1) is 6.92 Å². The molecular formula is C21H23N5O3. The van der Waals surface area contributed by atoms with Crippen LogP contribution in [0.15, 0.2) is 42.9 Å². The molecule has 0 unspecified atom stereocenters. The Morgan fingerprint density at radius 3 is 2.55 bits per heavy atom. The second-order valence-electron chi connectivity index (χ2n) is 6.97. The molecule has 0 atom stereocenters. The van der Waals surface area contributed by atoms with Crippen LogP contribution in [0.2, 0.25) is 0 Å². The van der Waals surface area contributed by atoms with Crippen LogP contribution in [-0.2, 0) is 0 Å². The molecule has 1 aliphatic rings. The Bertz CT molecular complexity index is 995. The Morgan fingerprint density at radius 2 is 1.86 bits per heavy atom. The van der Waals surface area contributed by atoms with E-state index in [1.165, 1.54) is 0 Å². The molecule has 1 saturated heterocycles. The number of amides is 1. The van der Waals surface area contributed by atoms with Crippen molar-refractivity contribution in [2.45, 2.75) is 25.7 Å². The maximum Gasteiger partial charge on any atom is 0.257 e. The van der Waals surface area contributed by atoms with Crippen molar-refractivity contribution in [2.24, 2.45) is 0 Å². The van der Waals surface area contributed by atoms with Crippen molar-refractivity contribution < 1.29 is 14.3 Å². The number of hydrogen-bond acceptors (Lipinski definition) is 6. The van der Waals surface area contributed by atoms with Crippen LogP contribution in [0.25, 0.3) is 0 Å². The zero-order valence-corrected chi connectivity index (χ0v) is 16.5. The van der Waals surface area contributed by atoms with Gasteiger partial charge in [-0.2, -0.15) is 5.10 Å². The summed E-state index contributed by atoms with van der Waals surface area (Å²) in [5.74, 6) is 1.90. The number of methoxy groups -OCH3 is 1. The number of nitrogens with one attached hydrogen (secondary N) is 1. The van der Waals surface area contributed by atoms with E-state index in [-0.39, 0.29) is 11.8 Å². The normalized spacial score (nSPS) is 14.6. The minimum absolute atomic E-state index is 0.0133. The molecule has 0 aliphatic carbocycles. The smallest absolute Gasteiger partial charge is 0.257 e. The molecule has 0 saturated carbocycles. The molecule has 8 nitrogen and oxygen atoms in total. The zero-order chi connectivity index (χ0) is 20.2. The number of aromatic amines is 1. The Kier molecular flexibility index (Phi) is 5.41. The van der Waals surface area contributed by atoms with E-state index < -0.39 is 0 Å². The lowest BCUT2D eigenvalue weighted by Crippen LogP contribution is -2.38. The average Bonchev–Trinajstić information content (AvgIpc) is 3.20. The predicted octanol–water partition coefficient (Wildman–Crippen LogP) is 3.33. The monoisotopic (exact) mass is 393 g/mol. The van der Waals surface area contributed by atoms with E-state index >= 15 is 0 Å². The Labute approximate surface area is 168 Å². The van der Waals surface area contributed by atoms with Crippen LogP contribution < -0.4 is 9.47 Å². The quantitative estimate of drug-likeness (QED) is 0.715. The van der Waals surface area contributed by atoms with Gasteiger partial charge in [0.25, 0.3) is 5.91 Å². The lowest BCUT2D eigenvalue weighted by Gasteiger charge is -2.32. The van der Waals surface area contributed by atoms with E-state index in [1.54, 1.807) is 25.7 Å². The number of carbonyl (C=O) groups is 1. The van der Waals surface area contributed by atoms with Gasteiger partial charge in [0.2, 0.25) is 5.88 Å². The summed E-state index contributed by atoms with van der Waals surface area (Å²) in [6.45, 7) is 3.16. The van der Waals surface area contributed by atoms with Gasteiger partial charge in [-0.3, -0.25) is 14.9 Å². The first-order chi connectivity index (χ1) is 14.2. The standard InChI is InChI=1S/C21H23N5O3/c1-14-16(13-24-25-14)21(27)26-11-7-15(8-12-26)19-20(23-10-9-22-19)29-18-6-4-3-5-17(18)28-2/h3-6,9-10,13,15H,7-8,11-12H2,1-2H3,(H,24,25). The summed E-state index contributed by atoms with van der Waals surface area (Å²) in [5, 5.41) is 6.77. The fraction of sp³-hybridized carbons (Fsp3) is 0.333. The molecule has 1 aromatic carbocycles. The van der Waals surface area contributed by atoms with E-state index in [0.717, 1.165) is 24.2 Å². The van der Waals surface area contributed by atoms with Crippen LogP contribution in [0.4, 0.5) is 0 Å². The Balaban J connectivity index is 1.48. The molecule has 1 fully saturated rings. The predicted molar refractivity (Wildman–Crippen MR) is 106 cm³/mol. The lowest BCUT2D eigenvalue weighted by atomic mass is 9.93. The van der Waals surface area contributed by atoms with Crippen molar-refractivity contribution in [3.05, 3.63) is 59.8 Å². The molecule has 1 aliphatic heterocycles. The largest absolute Gasteiger partial charge is 0.493 e. The molecule has 8 heteroatoms. The number of aryl methyl sites for hydroxylation is 1. The first-order valence-electron chi connectivity index (χ1n) is 9.58. The number of nitrogens with zero attached hydrogens (tertiary/aromatic N) is 4. The maximum absolute atomic E-state index is 12.7. The Morgan fingerprint density at radius 1 is 1.14 bits per heavy atom. The molecule has 3 heterocycles. The molecule has 29 heavy (non-hydrogen) atoms. The molecule has 0 radical (unpaired) electrons. The fourth-order valence-electron chi connectivity index (χ4n) is 3.59. The van der Waals surface area contributed by atoms with Crippen LogP contribution in [0.5, 0.6) is 17.4 Å². The first kappa shape index (κ1) is 18.9. The number of aromatic nitrogens is 4. The van der Waals surface area contributed by atoms with Crippen molar-refractivity contribution >= 4 is 5.91 Å². The molecule has 1 N–H and O–H groups in total. The number of rotatable bonds is 5. The molecule has 0 bridgehead atoms. The summed E-state index contributed by atoms with van der Waals surface area (Å²) in [6.07, 6.45) is 6.48. The van der Waals surface area contributed by atoms with Gasteiger partial charge in [0.05, 0.1) is 18.9 Å². The highest BCUT2D eigenvalue weighted by Crippen LogP contribution is 2.36. The number of likely N-dealkylation sites (tertiary alicyclic amines) is 1. The zero-order valence-electron chi connectivity index (χ0n) is 16.5. The molecule has 0 spiro atoms. The van der Waals surface area contributed by atoms with E-state index in [9.17, 15) is 4.79 Å². The highest BCUT2D eigenvalue weighted by molar-refractivity contribution is 5.95. The van der Waals surface area contributed by atoms with Gasteiger partial charge >= 0.3 is 0 Å². The van der Waals surface area contributed by atoms with Gasteiger partial charge in [-0.15, -0.1) is 0 Å². The van der Waals surface area contributed by atoms with Gasteiger partial charge in [-0.1, -0.05) is 12.1 Å². The summed E-state index contributed by atoms with van der Waals surface area (Å²) >= 11 is 0. The number of carbonyl (C=O) groups excluding carboxylic acids is 1. The van der Waals surface area contributed by atoms with Crippen molar-refractivity contribution in [1.82, 2.24) is 25.1 Å². The van der Waals surface area contributed by atoms with Gasteiger partial charge in [-0.25, -0.2) is 4.98 Å². The number of piperidine rings is 1.